The molecule has 0 fully saturated rings. The van der Waals surface area contributed by atoms with E-state index in [9.17, 15) is 14.4 Å². The Morgan fingerprint density at radius 1 is 0.923 bits per heavy atom. The third-order valence-corrected chi connectivity index (χ3v) is 3.59. The number of anilines is 1. The lowest BCUT2D eigenvalue weighted by atomic mass is 10.1. The van der Waals surface area contributed by atoms with Crippen molar-refractivity contribution in [1.29, 1.82) is 0 Å². The van der Waals surface area contributed by atoms with E-state index < -0.39 is 17.8 Å². The number of hydrogen-bond acceptors (Lipinski definition) is 6. The van der Waals surface area contributed by atoms with Gasteiger partial charge in [0, 0.05) is 18.2 Å². The minimum atomic E-state index is -0.493. The molecule has 7 nitrogen and oxygen atoms in total. The van der Waals surface area contributed by atoms with Crippen LogP contribution in [0.25, 0.3) is 0 Å². The van der Waals surface area contributed by atoms with Crippen molar-refractivity contribution in [3.63, 3.8) is 0 Å². The van der Waals surface area contributed by atoms with Crippen LogP contribution in [0, 0.1) is 6.92 Å². The Morgan fingerprint density at radius 2 is 1.62 bits per heavy atom. The van der Waals surface area contributed by atoms with Gasteiger partial charge in [-0.15, -0.1) is 0 Å². The topological polar surface area (TPSA) is 90.9 Å². The van der Waals surface area contributed by atoms with Crippen molar-refractivity contribution in [1.82, 2.24) is 0 Å². The number of amides is 1. The number of carbonyl (C=O) groups is 3. The van der Waals surface area contributed by atoms with Crippen LogP contribution in [-0.4, -0.2) is 32.1 Å². The molecule has 136 valence electrons. The zero-order valence-corrected chi connectivity index (χ0v) is 14.9. The molecule has 2 aromatic carbocycles. The van der Waals surface area contributed by atoms with Gasteiger partial charge in [-0.25, -0.2) is 4.79 Å². The van der Waals surface area contributed by atoms with Crippen molar-refractivity contribution in [3.8, 4) is 11.5 Å². The summed E-state index contributed by atoms with van der Waals surface area (Å²) in [5.41, 5.74) is 1.91. The highest BCUT2D eigenvalue weighted by atomic mass is 16.6. The van der Waals surface area contributed by atoms with E-state index in [1.54, 1.807) is 25.1 Å². The van der Waals surface area contributed by atoms with Crippen molar-refractivity contribution in [2.24, 2.45) is 0 Å². The van der Waals surface area contributed by atoms with Crippen LogP contribution in [0.4, 0.5) is 5.69 Å². The molecule has 0 aliphatic rings. The van der Waals surface area contributed by atoms with Gasteiger partial charge >= 0.3 is 11.9 Å². The first kappa shape index (κ1) is 19.0. The molecule has 26 heavy (non-hydrogen) atoms. The summed E-state index contributed by atoms with van der Waals surface area (Å²) in [4.78, 5) is 35.3. The molecule has 2 rings (SSSR count). The third-order valence-electron chi connectivity index (χ3n) is 3.59. The summed E-state index contributed by atoms with van der Waals surface area (Å²) in [6, 6.07) is 9.33. The van der Waals surface area contributed by atoms with Crippen molar-refractivity contribution >= 4 is 23.5 Å². The number of carbonyl (C=O) groups excluding carboxylic acids is 3. The molecule has 0 heterocycles. The van der Waals surface area contributed by atoms with Crippen molar-refractivity contribution < 1.29 is 28.6 Å². The summed E-state index contributed by atoms with van der Waals surface area (Å²) >= 11 is 0. The molecule has 0 saturated heterocycles. The Balaban J connectivity index is 2.27. The van der Waals surface area contributed by atoms with Gasteiger partial charge in [-0.2, -0.15) is 0 Å². The maximum Gasteiger partial charge on any atom is 0.337 e. The first-order valence-corrected chi connectivity index (χ1v) is 7.72. The molecule has 0 aliphatic heterocycles. The van der Waals surface area contributed by atoms with Crippen molar-refractivity contribution in [2.75, 3.05) is 19.5 Å². The van der Waals surface area contributed by atoms with E-state index in [0.717, 1.165) is 5.56 Å². The van der Waals surface area contributed by atoms with E-state index in [1.807, 2.05) is 0 Å². The molecule has 1 N–H and O–H groups in total. The van der Waals surface area contributed by atoms with Gasteiger partial charge in [0.2, 0.25) is 0 Å². The summed E-state index contributed by atoms with van der Waals surface area (Å²) in [6.07, 6.45) is 0. The Labute approximate surface area is 150 Å². The summed E-state index contributed by atoms with van der Waals surface area (Å²) in [6.45, 7) is 3.08. The lowest BCUT2D eigenvalue weighted by Crippen LogP contribution is -2.14. The van der Waals surface area contributed by atoms with Crippen molar-refractivity contribution in [2.45, 2.75) is 13.8 Å². The Bertz CT molecular complexity index is 859. The lowest BCUT2D eigenvalue weighted by Gasteiger charge is -2.12. The molecule has 2 aromatic rings. The number of esters is 2. The summed E-state index contributed by atoms with van der Waals surface area (Å²) in [5, 5.41) is 2.75. The molecule has 0 unspecified atom stereocenters. The van der Waals surface area contributed by atoms with Crippen LogP contribution in [0.5, 0.6) is 11.5 Å². The Hall–Kier alpha value is -3.35. The molecular weight excluding hydrogens is 338 g/mol. The SMILES string of the molecule is COC(=O)c1ccc(C)c(NC(=O)c2ccc(OC(C)=O)c(OC)c2)c1. The maximum atomic E-state index is 12.5. The number of methoxy groups -OCH3 is 2. The van der Waals surface area contributed by atoms with Crippen molar-refractivity contribution in [3.05, 3.63) is 53.1 Å². The number of nitrogens with one attached hydrogen (secondary N) is 1. The van der Waals surface area contributed by atoms with E-state index in [0.29, 0.717) is 16.8 Å². The fraction of sp³-hybridized carbons (Fsp3) is 0.211. The lowest BCUT2D eigenvalue weighted by molar-refractivity contribution is -0.132. The van der Waals surface area contributed by atoms with Gasteiger partial charge in [0.05, 0.1) is 19.8 Å². The van der Waals surface area contributed by atoms with E-state index in [4.69, 9.17) is 9.47 Å². The fourth-order valence-electron chi connectivity index (χ4n) is 2.24. The largest absolute Gasteiger partial charge is 0.493 e. The molecule has 0 atom stereocenters. The molecule has 0 saturated carbocycles. The fourth-order valence-corrected chi connectivity index (χ4v) is 2.24. The normalized spacial score (nSPS) is 10.0. The molecule has 0 radical (unpaired) electrons. The van der Waals surface area contributed by atoms with Crippen LogP contribution in [0.3, 0.4) is 0 Å². The van der Waals surface area contributed by atoms with E-state index in [-0.39, 0.29) is 11.5 Å². The van der Waals surface area contributed by atoms with Gasteiger partial charge in [0.25, 0.3) is 5.91 Å². The maximum absolute atomic E-state index is 12.5. The molecular formula is C19H19NO6. The Morgan fingerprint density at radius 3 is 2.23 bits per heavy atom. The first-order chi connectivity index (χ1) is 12.3. The molecule has 0 aromatic heterocycles. The van der Waals surface area contributed by atoms with E-state index >= 15 is 0 Å². The van der Waals surface area contributed by atoms with Gasteiger partial charge < -0.3 is 19.5 Å². The molecule has 0 aliphatic carbocycles. The molecule has 0 bridgehead atoms. The molecule has 1 amide bonds. The number of aryl methyl sites for hydroxylation is 1. The highest BCUT2D eigenvalue weighted by Gasteiger charge is 2.15. The third kappa shape index (κ3) is 4.38. The minimum absolute atomic E-state index is 0.223. The van der Waals surface area contributed by atoms with Crippen LogP contribution >= 0.6 is 0 Å². The zero-order valence-electron chi connectivity index (χ0n) is 14.9. The smallest absolute Gasteiger partial charge is 0.337 e. The zero-order chi connectivity index (χ0) is 19.3. The van der Waals surface area contributed by atoms with Crippen LogP contribution < -0.4 is 14.8 Å². The highest BCUT2D eigenvalue weighted by molar-refractivity contribution is 6.05. The van der Waals surface area contributed by atoms with Gasteiger partial charge in [-0.3, -0.25) is 9.59 Å². The van der Waals surface area contributed by atoms with Gasteiger partial charge in [0.1, 0.15) is 0 Å². The highest BCUT2D eigenvalue weighted by Crippen LogP contribution is 2.29. The Kier molecular flexibility index (Phi) is 5.95. The van der Waals surface area contributed by atoms with Gasteiger partial charge in [-0.1, -0.05) is 6.07 Å². The number of rotatable bonds is 5. The first-order valence-electron chi connectivity index (χ1n) is 7.72. The molecule has 0 spiro atoms. The monoisotopic (exact) mass is 357 g/mol. The predicted molar refractivity (Wildman–Crippen MR) is 94.8 cm³/mol. The van der Waals surface area contributed by atoms with Crippen LogP contribution in [0.15, 0.2) is 36.4 Å². The number of ether oxygens (including phenoxy) is 3. The predicted octanol–water partition coefficient (Wildman–Crippen LogP) is 2.97. The average Bonchev–Trinajstić information content (AvgIpc) is 2.62. The summed E-state index contributed by atoms with van der Waals surface area (Å²) < 4.78 is 14.9. The van der Waals surface area contributed by atoms with Gasteiger partial charge in [-0.05, 0) is 42.8 Å². The van der Waals surface area contributed by atoms with Crippen LogP contribution in [0.1, 0.15) is 33.2 Å². The number of benzene rings is 2. The van der Waals surface area contributed by atoms with E-state index in [2.05, 4.69) is 10.1 Å². The second-order valence-corrected chi connectivity index (χ2v) is 5.43. The number of hydrogen-bond donors (Lipinski definition) is 1. The van der Waals surface area contributed by atoms with Crippen LogP contribution in [-0.2, 0) is 9.53 Å². The average molecular weight is 357 g/mol. The van der Waals surface area contributed by atoms with Gasteiger partial charge in [0.15, 0.2) is 11.5 Å². The summed E-state index contributed by atoms with van der Waals surface area (Å²) in [7, 11) is 2.70. The standard InChI is InChI=1S/C19H19NO6/c1-11-5-6-14(19(23)25-4)9-15(11)20-18(22)13-7-8-16(26-12(2)21)17(10-13)24-3/h5-10H,1-4H3,(H,20,22). The van der Waals surface area contributed by atoms with E-state index in [1.165, 1.54) is 39.3 Å². The van der Waals surface area contributed by atoms with Crippen LogP contribution in [0.2, 0.25) is 0 Å². The summed E-state index contributed by atoms with van der Waals surface area (Å²) in [5.74, 6) is -0.903. The minimum Gasteiger partial charge on any atom is -0.493 e. The molecule has 7 heteroatoms. The second kappa shape index (κ2) is 8.15. The quantitative estimate of drug-likeness (QED) is 0.653. The second-order valence-electron chi connectivity index (χ2n) is 5.43.